The molecule has 0 aliphatic carbocycles. The predicted molar refractivity (Wildman–Crippen MR) is 81.2 cm³/mol. The summed E-state index contributed by atoms with van der Waals surface area (Å²) in [5, 5.41) is 10.7. The minimum atomic E-state index is -0.0934. The van der Waals surface area contributed by atoms with Gasteiger partial charge in [-0.1, -0.05) is 42.4 Å². The topological polar surface area (TPSA) is 70.7 Å². The number of hydrogen-bond acceptors (Lipinski definition) is 4. The van der Waals surface area contributed by atoms with Crippen molar-refractivity contribution >= 4 is 35.2 Å². The van der Waals surface area contributed by atoms with E-state index >= 15 is 0 Å². The number of aryl methyl sites for hydroxylation is 1. The molecule has 0 spiro atoms. The summed E-state index contributed by atoms with van der Waals surface area (Å²) in [4.78, 5) is 15.9. The van der Waals surface area contributed by atoms with Gasteiger partial charge in [0.2, 0.25) is 17.0 Å². The van der Waals surface area contributed by atoms with Crippen molar-refractivity contribution in [2.24, 2.45) is 0 Å². The van der Waals surface area contributed by atoms with E-state index in [-0.39, 0.29) is 5.91 Å². The van der Waals surface area contributed by atoms with Gasteiger partial charge in [-0.25, -0.2) is 5.10 Å². The molecule has 0 unspecified atom stereocenters. The molecule has 1 aromatic heterocycles. The fraction of sp³-hybridized carbons (Fsp3) is 0.308. The van der Waals surface area contributed by atoms with Crippen LogP contribution < -0.4 is 5.32 Å². The highest BCUT2D eigenvalue weighted by molar-refractivity contribution is 7.99. The number of halogens is 1. The lowest BCUT2D eigenvalue weighted by Crippen LogP contribution is -2.13. The zero-order valence-corrected chi connectivity index (χ0v) is 12.6. The van der Waals surface area contributed by atoms with Gasteiger partial charge in [0.25, 0.3) is 0 Å². The number of amides is 1. The zero-order chi connectivity index (χ0) is 14.4. The number of H-pyrrole nitrogens is 1. The van der Waals surface area contributed by atoms with Crippen molar-refractivity contribution in [3.8, 4) is 0 Å². The summed E-state index contributed by atoms with van der Waals surface area (Å²) < 4.78 is 0. The zero-order valence-electron chi connectivity index (χ0n) is 11.0. The first kappa shape index (κ1) is 14.9. The highest BCUT2D eigenvalue weighted by Gasteiger charge is 2.07. The lowest BCUT2D eigenvalue weighted by molar-refractivity contribution is -0.116. The van der Waals surface area contributed by atoms with Crippen molar-refractivity contribution in [2.45, 2.75) is 24.9 Å². The van der Waals surface area contributed by atoms with Crippen LogP contribution in [0.3, 0.4) is 0 Å². The minimum Gasteiger partial charge on any atom is -0.295 e. The molecule has 1 amide bonds. The number of thioether (sulfide) groups is 1. The number of aromatic amines is 1. The first-order valence-corrected chi connectivity index (χ1v) is 7.63. The normalized spacial score (nSPS) is 10.5. The second kappa shape index (κ2) is 7.31. The molecule has 0 saturated carbocycles. The average Bonchev–Trinajstić information content (AvgIpc) is 2.86. The van der Waals surface area contributed by atoms with E-state index in [4.69, 9.17) is 11.6 Å². The van der Waals surface area contributed by atoms with Gasteiger partial charge < -0.3 is 0 Å². The molecule has 0 saturated heterocycles. The van der Waals surface area contributed by atoms with Gasteiger partial charge in [0.1, 0.15) is 0 Å². The molecule has 20 heavy (non-hydrogen) atoms. The number of carbonyl (C=O) groups excluding carboxylic acids is 1. The van der Waals surface area contributed by atoms with Gasteiger partial charge in [0, 0.05) is 11.4 Å². The molecule has 0 atom stereocenters. The third-order valence-corrected chi connectivity index (χ3v) is 3.53. The van der Waals surface area contributed by atoms with Crippen molar-refractivity contribution in [1.82, 2.24) is 15.2 Å². The number of carbonyl (C=O) groups is 1. The Bertz CT molecular complexity index is 570. The van der Waals surface area contributed by atoms with Crippen LogP contribution in [0.1, 0.15) is 18.9 Å². The molecule has 0 aliphatic rings. The van der Waals surface area contributed by atoms with Crippen molar-refractivity contribution < 1.29 is 4.79 Å². The van der Waals surface area contributed by atoms with Crippen LogP contribution in [0, 0.1) is 0 Å². The van der Waals surface area contributed by atoms with Crippen LogP contribution in [-0.2, 0) is 11.2 Å². The number of benzene rings is 1. The molecule has 0 radical (unpaired) electrons. The maximum atomic E-state index is 11.8. The van der Waals surface area contributed by atoms with Crippen LogP contribution in [-0.4, -0.2) is 26.8 Å². The molecule has 0 fully saturated rings. The Morgan fingerprint density at radius 3 is 2.85 bits per heavy atom. The lowest BCUT2D eigenvalue weighted by Gasteiger charge is -2.02. The lowest BCUT2D eigenvalue weighted by atomic mass is 10.1. The fourth-order valence-corrected chi connectivity index (χ4v) is 2.25. The average molecular weight is 311 g/mol. The number of hydrogen-bond donors (Lipinski definition) is 2. The van der Waals surface area contributed by atoms with Crippen LogP contribution in [0.25, 0.3) is 0 Å². The van der Waals surface area contributed by atoms with E-state index in [0.717, 1.165) is 11.3 Å². The number of aromatic nitrogens is 3. The summed E-state index contributed by atoms with van der Waals surface area (Å²) in [5.74, 6) is 1.19. The molecular weight excluding hydrogens is 296 g/mol. The first-order valence-electron chi connectivity index (χ1n) is 6.27. The fourth-order valence-electron chi connectivity index (χ4n) is 1.60. The van der Waals surface area contributed by atoms with Gasteiger partial charge in [0.15, 0.2) is 0 Å². The van der Waals surface area contributed by atoms with E-state index in [9.17, 15) is 4.79 Å². The van der Waals surface area contributed by atoms with E-state index in [2.05, 4.69) is 20.5 Å². The van der Waals surface area contributed by atoms with Crippen molar-refractivity contribution in [1.29, 1.82) is 0 Å². The third-order valence-electron chi connectivity index (χ3n) is 2.55. The van der Waals surface area contributed by atoms with E-state index in [1.807, 2.05) is 31.2 Å². The molecule has 106 valence electrons. The second-order valence-corrected chi connectivity index (χ2v) is 5.74. The second-order valence-electron chi connectivity index (χ2n) is 4.07. The summed E-state index contributed by atoms with van der Waals surface area (Å²) in [6.07, 6.45) is 1.05. The van der Waals surface area contributed by atoms with Gasteiger partial charge in [0.05, 0.1) is 0 Å². The van der Waals surface area contributed by atoms with E-state index in [1.54, 1.807) is 0 Å². The standard InChI is InChI=1S/C13H15ClN4OS/c1-2-20-13-16-12(17-18-13)15-11(19)8-5-9-3-6-10(14)7-4-9/h3-4,6-7H,2,5,8H2,1H3,(H2,15,16,17,18,19). The molecule has 2 aromatic rings. The summed E-state index contributed by atoms with van der Waals surface area (Å²) in [6, 6.07) is 7.47. The van der Waals surface area contributed by atoms with Gasteiger partial charge in [-0.2, -0.15) is 4.98 Å². The van der Waals surface area contributed by atoms with Gasteiger partial charge in [-0.3, -0.25) is 10.1 Å². The monoisotopic (exact) mass is 310 g/mol. The largest absolute Gasteiger partial charge is 0.295 e. The summed E-state index contributed by atoms with van der Waals surface area (Å²) in [5.41, 5.74) is 1.07. The SMILES string of the molecule is CCSc1n[nH]c(NC(=O)CCc2ccc(Cl)cc2)n1. The summed E-state index contributed by atoms with van der Waals surface area (Å²) in [7, 11) is 0. The highest BCUT2D eigenvalue weighted by Crippen LogP contribution is 2.14. The molecule has 0 aliphatic heterocycles. The van der Waals surface area contributed by atoms with E-state index < -0.39 is 0 Å². The Morgan fingerprint density at radius 1 is 1.40 bits per heavy atom. The van der Waals surface area contributed by atoms with Crippen LogP contribution in [0.15, 0.2) is 29.4 Å². The molecule has 2 rings (SSSR count). The van der Waals surface area contributed by atoms with E-state index in [1.165, 1.54) is 11.8 Å². The summed E-state index contributed by atoms with van der Waals surface area (Å²) >= 11 is 7.33. The Balaban J connectivity index is 1.81. The van der Waals surface area contributed by atoms with Gasteiger partial charge in [-0.15, -0.1) is 5.10 Å². The molecule has 1 heterocycles. The van der Waals surface area contributed by atoms with Gasteiger partial charge in [-0.05, 0) is 29.9 Å². The Kier molecular flexibility index (Phi) is 5.43. The number of nitrogens with one attached hydrogen (secondary N) is 2. The van der Waals surface area contributed by atoms with E-state index in [0.29, 0.717) is 29.0 Å². The van der Waals surface area contributed by atoms with Crippen molar-refractivity contribution in [3.63, 3.8) is 0 Å². The highest BCUT2D eigenvalue weighted by atomic mass is 35.5. The predicted octanol–water partition coefficient (Wildman–Crippen LogP) is 3.14. The Labute approximate surface area is 126 Å². The van der Waals surface area contributed by atoms with Gasteiger partial charge >= 0.3 is 0 Å². The van der Waals surface area contributed by atoms with Crippen molar-refractivity contribution in [2.75, 3.05) is 11.1 Å². The maximum Gasteiger partial charge on any atom is 0.227 e. The molecule has 0 bridgehead atoms. The quantitative estimate of drug-likeness (QED) is 0.804. The molecular formula is C13H15ClN4OS. The third kappa shape index (κ3) is 4.54. The van der Waals surface area contributed by atoms with Crippen LogP contribution in [0.4, 0.5) is 5.95 Å². The molecule has 7 heteroatoms. The number of anilines is 1. The van der Waals surface area contributed by atoms with Crippen molar-refractivity contribution in [3.05, 3.63) is 34.9 Å². The Hall–Kier alpha value is -1.53. The number of nitrogens with zero attached hydrogens (tertiary/aromatic N) is 2. The molecule has 2 N–H and O–H groups in total. The minimum absolute atomic E-state index is 0.0934. The smallest absolute Gasteiger partial charge is 0.227 e. The Morgan fingerprint density at radius 2 is 2.15 bits per heavy atom. The van der Waals surface area contributed by atoms with Crippen LogP contribution >= 0.6 is 23.4 Å². The first-order chi connectivity index (χ1) is 9.67. The molecule has 1 aromatic carbocycles. The van der Waals surface area contributed by atoms with Crippen LogP contribution in [0.5, 0.6) is 0 Å². The molecule has 5 nitrogen and oxygen atoms in total. The number of rotatable bonds is 6. The summed E-state index contributed by atoms with van der Waals surface area (Å²) in [6.45, 7) is 2.02. The van der Waals surface area contributed by atoms with Crippen LogP contribution in [0.2, 0.25) is 5.02 Å². The maximum absolute atomic E-state index is 11.8.